The smallest absolute Gasteiger partial charge is 0.236 e. The maximum Gasteiger partial charge on any atom is 0.236 e. The van der Waals surface area contributed by atoms with E-state index >= 15 is 0 Å². The van der Waals surface area contributed by atoms with Gasteiger partial charge in [-0.15, -0.1) is 0 Å². The van der Waals surface area contributed by atoms with Crippen LogP contribution in [0.4, 0.5) is 0 Å². The van der Waals surface area contributed by atoms with Crippen molar-refractivity contribution in [3.8, 4) is 0 Å². The molecule has 0 spiro atoms. The van der Waals surface area contributed by atoms with E-state index < -0.39 is 20.4 Å². The lowest BCUT2D eigenvalue weighted by Crippen LogP contribution is -2.11. The van der Waals surface area contributed by atoms with Crippen molar-refractivity contribution in [2.24, 2.45) is 0 Å². The maximum atomic E-state index is 11.2. The highest BCUT2D eigenvalue weighted by Gasteiger charge is 2.10. The van der Waals surface area contributed by atoms with E-state index in [2.05, 4.69) is 0 Å². The van der Waals surface area contributed by atoms with Crippen LogP contribution in [0.2, 0.25) is 0 Å². The number of rotatable bonds is 3. The van der Waals surface area contributed by atoms with E-state index in [9.17, 15) is 13.2 Å². The van der Waals surface area contributed by atoms with Crippen LogP contribution in [0.3, 0.4) is 0 Å². The molecule has 0 aliphatic heterocycles. The summed E-state index contributed by atoms with van der Waals surface area (Å²) < 4.78 is 20.0. The molecule has 0 aromatic heterocycles. The molecule has 3 nitrogen and oxygen atoms in total. The SMILES string of the molecule is O=C(Cc1ccccc1)C(Cl)=S(=O)=O. The van der Waals surface area contributed by atoms with E-state index in [1.54, 1.807) is 24.3 Å². The summed E-state index contributed by atoms with van der Waals surface area (Å²) in [6, 6.07) is 8.81. The molecule has 0 saturated heterocycles. The zero-order chi connectivity index (χ0) is 10.6. The molecule has 0 fully saturated rings. The Bertz CT molecular complexity index is 454. The second-order valence-corrected chi connectivity index (χ2v) is 4.07. The Hall–Kier alpha value is -1.13. The van der Waals surface area contributed by atoms with E-state index in [0.29, 0.717) is 0 Å². The van der Waals surface area contributed by atoms with E-state index in [-0.39, 0.29) is 6.42 Å². The summed E-state index contributed by atoms with van der Waals surface area (Å²) in [5, 5.41) is 0. The van der Waals surface area contributed by atoms with Crippen molar-refractivity contribution in [2.75, 3.05) is 0 Å². The third kappa shape index (κ3) is 2.97. The van der Waals surface area contributed by atoms with Crippen molar-refractivity contribution in [3.63, 3.8) is 0 Å². The molecule has 0 radical (unpaired) electrons. The first-order valence-corrected chi connectivity index (χ1v) is 5.25. The molecule has 1 rings (SSSR count). The van der Waals surface area contributed by atoms with Gasteiger partial charge in [-0.05, 0) is 5.56 Å². The first-order valence-electron chi connectivity index (χ1n) is 3.80. The molecule has 0 bridgehead atoms. The molecular formula is C9H7ClO3S. The highest BCUT2D eigenvalue weighted by atomic mass is 35.5. The van der Waals surface area contributed by atoms with Crippen LogP contribution in [0.5, 0.6) is 0 Å². The van der Waals surface area contributed by atoms with E-state index in [1.807, 2.05) is 6.07 Å². The quantitative estimate of drug-likeness (QED) is 0.576. The maximum absolute atomic E-state index is 11.2. The number of benzene rings is 1. The van der Waals surface area contributed by atoms with Crippen LogP contribution in [-0.2, 0) is 21.5 Å². The van der Waals surface area contributed by atoms with Gasteiger partial charge in [0, 0.05) is 6.42 Å². The second-order valence-electron chi connectivity index (χ2n) is 2.59. The summed E-state index contributed by atoms with van der Waals surface area (Å²) in [6.45, 7) is 0. The van der Waals surface area contributed by atoms with Crippen LogP contribution in [0.1, 0.15) is 5.56 Å². The molecular weight excluding hydrogens is 224 g/mol. The molecule has 1 aromatic rings. The Morgan fingerprint density at radius 1 is 1.21 bits per heavy atom. The monoisotopic (exact) mass is 230 g/mol. The van der Waals surface area contributed by atoms with Gasteiger partial charge in [-0.25, -0.2) is 0 Å². The second kappa shape index (κ2) is 4.93. The number of carbonyl (C=O) groups is 1. The topological polar surface area (TPSA) is 51.2 Å². The van der Waals surface area contributed by atoms with Crippen molar-refractivity contribution in [1.82, 2.24) is 0 Å². The first-order chi connectivity index (χ1) is 6.61. The van der Waals surface area contributed by atoms with Gasteiger partial charge in [0.25, 0.3) is 0 Å². The Morgan fingerprint density at radius 3 is 2.29 bits per heavy atom. The van der Waals surface area contributed by atoms with Gasteiger partial charge in [0.1, 0.15) is 0 Å². The molecule has 0 unspecified atom stereocenters. The molecule has 0 N–H and O–H groups in total. The van der Waals surface area contributed by atoms with Gasteiger partial charge in [-0.1, -0.05) is 41.9 Å². The van der Waals surface area contributed by atoms with Gasteiger partial charge in [-0.2, -0.15) is 8.42 Å². The molecule has 0 saturated carbocycles. The third-order valence-corrected chi connectivity index (χ3v) is 2.68. The van der Waals surface area contributed by atoms with Crippen LogP contribution >= 0.6 is 11.6 Å². The van der Waals surface area contributed by atoms with Crippen LogP contribution in [-0.4, -0.2) is 18.5 Å². The largest absolute Gasteiger partial charge is 0.292 e. The molecule has 5 heteroatoms. The summed E-state index contributed by atoms with van der Waals surface area (Å²) >= 11 is 5.27. The predicted octanol–water partition coefficient (Wildman–Crippen LogP) is 1.05. The minimum absolute atomic E-state index is 0.00759. The average Bonchev–Trinajstić information content (AvgIpc) is 2.18. The van der Waals surface area contributed by atoms with Crippen LogP contribution in [0, 0.1) is 0 Å². The third-order valence-electron chi connectivity index (χ3n) is 1.57. The molecule has 1 aromatic carbocycles. The first kappa shape index (κ1) is 10.9. The number of hydrogen-bond acceptors (Lipinski definition) is 3. The lowest BCUT2D eigenvalue weighted by Gasteiger charge is -1.96. The minimum Gasteiger partial charge on any atom is -0.292 e. The lowest BCUT2D eigenvalue weighted by atomic mass is 10.1. The Balaban J connectivity index is 2.83. The lowest BCUT2D eigenvalue weighted by molar-refractivity contribution is -0.112. The fourth-order valence-electron chi connectivity index (χ4n) is 0.944. The van der Waals surface area contributed by atoms with Gasteiger partial charge in [0.15, 0.2) is 5.78 Å². The fraction of sp³-hybridized carbons (Fsp3) is 0.111. The fourth-order valence-corrected chi connectivity index (χ4v) is 1.27. The van der Waals surface area contributed by atoms with Gasteiger partial charge in [0.05, 0.1) is 0 Å². The highest BCUT2D eigenvalue weighted by Crippen LogP contribution is 2.01. The molecule has 0 aliphatic carbocycles. The summed E-state index contributed by atoms with van der Waals surface area (Å²) in [4.78, 5) is 11.2. The predicted molar refractivity (Wildman–Crippen MR) is 54.9 cm³/mol. The Morgan fingerprint density at radius 2 is 1.79 bits per heavy atom. The van der Waals surface area contributed by atoms with Crippen molar-refractivity contribution in [2.45, 2.75) is 6.42 Å². The summed E-state index contributed by atoms with van der Waals surface area (Å²) in [5.74, 6) is -0.591. The summed E-state index contributed by atoms with van der Waals surface area (Å²) in [7, 11) is -2.63. The molecule has 0 atom stereocenters. The number of ketones is 1. The Labute approximate surface area is 87.9 Å². The normalized spacial score (nSPS) is 9.50. The van der Waals surface area contributed by atoms with Gasteiger partial charge >= 0.3 is 0 Å². The van der Waals surface area contributed by atoms with Crippen molar-refractivity contribution in [1.29, 1.82) is 0 Å². The number of hydrogen-bond donors (Lipinski definition) is 0. The zero-order valence-corrected chi connectivity index (χ0v) is 8.68. The highest BCUT2D eigenvalue weighted by molar-refractivity contribution is 7.78. The molecule has 0 heterocycles. The number of Topliss-reactive ketones (excluding diaryl/α,β-unsaturated/α-hetero) is 1. The molecule has 14 heavy (non-hydrogen) atoms. The average molecular weight is 231 g/mol. The molecule has 74 valence electrons. The summed E-state index contributed by atoms with van der Waals surface area (Å²) in [5.41, 5.74) is 0.737. The van der Waals surface area contributed by atoms with Crippen molar-refractivity contribution in [3.05, 3.63) is 35.9 Å². The zero-order valence-electron chi connectivity index (χ0n) is 7.10. The van der Waals surface area contributed by atoms with Crippen LogP contribution in [0.15, 0.2) is 30.3 Å². The Kier molecular flexibility index (Phi) is 3.85. The van der Waals surface area contributed by atoms with E-state index in [0.717, 1.165) is 5.56 Å². The van der Waals surface area contributed by atoms with Crippen LogP contribution < -0.4 is 0 Å². The van der Waals surface area contributed by atoms with Gasteiger partial charge < -0.3 is 0 Å². The van der Waals surface area contributed by atoms with Crippen molar-refractivity contribution < 1.29 is 13.2 Å². The minimum atomic E-state index is -2.63. The van der Waals surface area contributed by atoms with Gasteiger partial charge in [-0.3, -0.25) is 4.79 Å². The molecule has 0 aliphatic rings. The standard InChI is InChI=1S/C9H7ClO3S/c10-9(14(12)13)8(11)6-7-4-2-1-3-5-7/h1-5H,6H2. The summed E-state index contributed by atoms with van der Waals surface area (Å²) in [6.07, 6.45) is 0.00759. The van der Waals surface area contributed by atoms with E-state index in [1.165, 1.54) is 0 Å². The van der Waals surface area contributed by atoms with Crippen LogP contribution in [0.25, 0.3) is 0 Å². The van der Waals surface area contributed by atoms with Gasteiger partial charge in [0.2, 0.25) is 14.6 Å². The number of carbonyl (C=O) groups excluding carboxylic acids is 1. The van der Waals surface area contributed by atoms with E-state index in [4.69, 9.17) is 11.6 Å². The van der Waals surface area contributed by atoms with Crippen molar-refractivity contribution >= 4 is 32.0 Å². The molecule has 0 amide bonds. The number of halogens is 1.